The fourth-order valence-electron chi connectivity index (χ4n) is 11.0. The average Bonchev–Trinajstić information content (AvgIpc) is 4.00. The number of carboxylic acids is 1. The van der Waals surface area contributed by atoms with Crippen LogP contribution in [0.4, 0.5) is 0 Å². The van der Waals surface area contributed by atoms with Crippen LogP contribution in [-0.4, -0.2) is 115 Å². The first-order valence-corrected chi connectivity index (χ1v) is 27.0. The van der Waals surface area contributed by atoms with Crippen LogP contribution in [0.15, 0.2) is 66.7 Å². The number of phenolic OH excluding ortho intramolecular Hbond substituents is 2. The second kappa shape index (κ2) is 23.1. The molecule has 6 heterocycles. The predicted molar refractivity (Wildman–Crippen MR) is 284 cm³/mol. The van der Waals surface area contributed by atoms with E-state index >= 15 is 0 Å². The molecular formula is C57H72Cl3N3O10. The number of carbonyl (C=O) groups is 2. The van der Waals surface area contributed by atoms with Gasteiger partial charge in [0.25, 0.3) is 0 Å². The summed E-state index contributed by atoms with van der Waals surface area (Å²) in [7, 11) is 0. The molecular weight excluding hydrogens is 993 g/mol. The van der Waals surface area contributed by atoms with E-state index in [0.29, 0.717) is 51.8 Å². The van der Waals surface area contributed by atoms with Gasteiger partial charge in [0.1, 0.15) is 46.7 Å². The molecule has 4 aromatic rings. The molecule has 0 radical (unpaired) electrons. The Hall–Kier alpha value is -4.63. The molecule has 10 rings (SSSR count). The van der Waals surface area contributed by atoms with Crippen molar-refractivity contribution in [1.29, 1.82) is 0 Å². The number of carbonyl (C=O) groups excluding carboxylic acids is 1. The first kappa shape index (κ1) is 54.6. The first-order valence-electron chi connectivity index (χ1n) is 25.8. The fourth-order valence-corrected chi connectivity index (χ4v) is 11.9. The Morgan fingerprint density at radius 3 is 1.56 bits per heavy atom. The van der Waals surface area contributed by atoms with Gasteiger partial charge in [-0.2, -0.15) is 0 Å². The normalized spacial score (nSPS) is 19.9. The third-order valence-electron chi connectivity index (χ3n) is 15.8. The number of phenols is 2. The molecule has 6 aliphatic rings. The minimum atomic E-state index is -0.727. The Morgan fingerprint density at radius 2 is 1.10 bits per heavy atom. The van der Waals surface area contributed by atoms with Gasteiger partial charge in [-0.15, -0.1) is 0 Å². The maximum atomic E-state index is 12.1. The van der Waals surface area contributed by atoms with Gasteiger partial charge in [0.05, 0.1) is 41.7 Å². The van der Waals surface area contributed by atoms with Crippen LogP contribution in [0, 0.1) is 11.8 Å². The summed E-state index contributed by atoms with van der Waals surface area (Å²) in [6.07, 6.45) is 7.85. The molecule has 13 nitrogen and oxygen atoms in total. The van der Waals surface area contributed by atoms with Gasteiger partial charge in [-0.3, -0.25) is 9.59 Å². The Bertz CT molecular complexity index is 2560. The number of benzene rings is 4. The van der Waals surface area contributed by atoms with Gasteiger partial charge in [-0.25, -0.2) is 0 Å². The van der Waals surface area contributed by atoms with Gasteiger partial charge < -0.3 is 54.1 Å². The zero-order valence-electron chi connectivity index (χ0n) is 42.9. The fraction of sp³-hybridized carbons (Fsp3) is 0.544. The summed E-state index contributed by atoms with van der Waals surface area (Å²) in [6, 6.07) is 20.3. The molecule has 3 fully saturated rings. The van der Waals surface area contributed by atoms with Gasteiger partial charge in [-0.05, 0) is 155 Å². The number of hydrogen-bond donors (Lipinski definition) is 4. The molecule has 396 valence electrons. The number of carboxylic acid groups (broad SMARTS) is 1. The minimum Gasteiger partial charge on any atom is -0.508 e. The molecule has 4 aromatic carbocycles. The maximum absolute atomic E-state index is 12.1. The number of nitrogens with zero attached hydrogens (tertiary/aromatic N) is 2. The second-order valence-electron chi connectivity index (χ2n) is 22.0. The van der Waals surface area contributed by atoms with Crippen molar-refractivity contribution in [3.63, 3.8) is 0 Å². The molecule has 2 unspecified atom stereocenters. The summed E-state index contributed by atoms with van der Waals surface area (Å²) in [4.78, 5) is 28.0. The van der Waals surface area contributed by atoms with Crippen molar-refractivity contribution >= 4 is 46.7 Å². The van der Waals surface area contributed by atoms with E-state index in [9.17, 15) is 19.8 Å². The Balaban J connectivity index is 0.000000155. The number of nitrogens with one attached hydrogen (secondary N) is 1. The first-order chi connectivity index (χ1) is 34.8. The molecule has 3 spiro atoms. The van der Waals surface area contributed by atoms with E-state index in [0.717, 1.165) is 121 Å². The number of aromatic hydroxyl groups is 2. The zero-order chi connectivity index (χ0) is 52.1. The monoisotopic (exact) mass is 1060 g/mol. The molecule has 0 aliphatic carbocycles. The van der Waals surface area contributed by atoms with Crippen LogP contribution >= 0.6 is 34.8 Å². The Labute approximate surface area is 445 Å². The van der Waals surface area contributed by atoms with Crippen molar-refractivity contribution in [2.75, 3.05) is 72.2 Å². The highest BCUT2D eigenvalue weighted by Crippen LogP contribution is 2.49. The lowest BCUT2D eigenvalue weighted by Crippen LogP contribution is -2.44. The van der Waals surface area contributed by atoms with Crippen molar-refractivity contribution < 1.29 is 48.6 Å². The van der Waals surface area contributed by atoms with E-state index in [4.69, 9.17) is 63.6 Å². The Morgan fingerprint density at radius 1 is 0.658 bits per heavy atom. The van der Waals surface area contributed by atoms with Crippen LogP contribution in [0.1, 0.15) is 108 Å². The van der Waals surface area contributed by atoms with Gasteiger partial charge >= 0.3 is 11.9 Å². The van der Waals surface area contributed by atoms with Crippen molar-refractivity contribution in [2.45, 2.75) is 114 Å². The van der Waals surface area contributed by atoms with Crippen molar-refractivity contribution in [2.24, 2.45) is 11.8 Å². The van der Waals surface area contributed by atoms with Gasteiger partial charge in [0.15, 0.2) is 0 Å². The molecule has 0 amide bonds. The van der Waals surface area contributed by atoms with E-state index in [1.807, 2.05) is 52.0 Å². The van der Waals surface area contributed by atoms with Crippen LogP contribution in [-0.2, 0) is 37.2 Å². The number of esters is 1. The highest BCUT2D eigenvalue weighted by molar-refractivity contribution is 6.39. The highest BCUT2D eigenvalue weighted by atomic mass is 35.5. The molecule has 2 atom stereocenters. The molecule has 0 bridgehead atoms. The molecule has 4 N–H and O–H groups in total. The molecule has 6 aliphatic heterocycles. The van der Waals surface area contributed by atoms with Crippen molar-refractivity contribution in [3.05, 3.63) is 104 Å². The van der Waals surface area contributed by atoms with E-state index in [1.165, 1.54) is 16.7 Å². The predicted octanol–water partition coefficient (Wildman–Crippen LogP) is 11.0. The topological polar surface area (TPSA) is 159 Å². The van der Waals surface area contributed by atoms with Gasteiger partial charge in [-0.1, -0.05) is 66.8 Å². The van der Waals surface area contributed by atoms with Crippen LogP contribution in [0.3, 0.4) is 0 Å². The molecule has 73 heavy (non-hydrogen) atoms. The minimum absolute atomic E-state index is 0.0194. The van der Waals surface area contributed by atoms with Crippen LogP contribution in [0.2, 0.25) is 15.1 Å². The number of ether oxygens (including phenoxy) is 5. The molecule has 3 saturated heterocycles. The number of hydrogen-bond acceptors (Lipinski definition) is 12. The van der Waals surface area contributed by atoms with E-state index in [-0.39, 0.29) is 46.4 Å². The summed E-state index contributed by atoms with van der Waals surface area (Å²) in [6.45, 7) is 19.6. The van der Waals surface area contributed by atoms with Crippen molar-refractivity contribution in [1.82, 2.24) is 15.1 Å². The molecule has 0 saturated carbocycles. The van der Waals surface area contributed by atoms with Crippen LogP contribution in [0.5, 0.6) is 34.5 Å². The smallest absolute Gasteiger partial charge is 0.309 e. The highest BCUT2D eigenvalue weighted by Gasteiger charge is 2.45. The summed E-state index contributed by atoms with van der Waals surface area (Å²) in [5.74, 6) is 2.59. The second-order valence-corrected chi connectivity index (χ2v) is 23.3. The lowest BCUT2D eigenvalue weighted by atomic mass is 9.74. The number of halogens is 3. The molecule has 0 aromatic heterocycles. The summed E-state index contributed by atoms with van der Waals surface area (Å²) < 4.78 is 29.0. The SMILES string of the molecule is CC(CCN1CCC2(CC1)COc1cc(O)ccc12)C(=O)OC(C)(C)C.CC(CCN1CCC2(CC1)COc1cc(OCc3c(Cl)cc(Cl)cc3Cl)ccc12)C(=O)O.Oc1ccc2c(c1)OCC21CCNCC1. The lowest BCUT2D eigenvalue weighted by Gasteiger charge is -2.38. The lowest BCUT2D eigenvalue weighted by molar-refractivity contribution is -0.159. The van der Waals surface area contributed by atoms with Gasteiger partial charge in [0.2, 0.25) is 0 Å². The van der Waals surface area contributed by atoms with Crippen LogP contribution in [0.25, 0.3) is 0 Å². The maximum Gasteiger partial charge on any atom is 0.309 e. The third kappa shape index (κ3) is 13.1. The molecule has 16 heteroatoms. The zero-order valence-corrected chi connectivity index (χ0v) is 45.1. The summed E-state index contributed by atoms with van der Waals surface area (Å²) >= 11 is 18.5. The van der Waals surface area contributed by atoms with E-state index < -0.39 is 11.6 Å². The van der Waals surface area contributed by atoms with Gasteiger partial charge in [0, 0.05) is 61.7 Å². The number of aliphatic carboxylic acids is 1. The van der Waals surface area contributed by atoms with Crippen LogP contribution < -0.4 is 24.3 Å². The quantitative estimate of drug-likeness (QED) is 0.105. The third-order valence-corrected chi connectivity index (χ3v) is 16.7. The number of rotatable bonds is 11. The number of piperidine rings is 3. The standard InChI is InChI=1S/C24H26Cl3NO4.C21H31NO4.C12H15NO2/c1-15(23(29)30)4-7-28-8-5-24(6-9-28)14-32-22-12-17(2-3-19(22)24)31-13-18-20(26)10-16(25)11-21(18)27;1-15(19(24)26-20(2,3)4)7-10-22-11-8-21(9-12-22)14-25-18-13-16(23)5-6-17(18)21;14-9-1-2-10-11(7-9)15-8-12(10)3-5-13-6-4-12/h2-3,10-12,15H,4-9,13-14H2,1H3,(H,29,30);5-6,13,15,23H,7-12,14H2,1-4H3;1-2,7,13-14H,3-6,8H2. The van der Waals surface area contributed by atoms with Crippen molar-refractivity contribution in [3.8, 4) is 34.5 Å². The van der Waals surface area contributed by atoms with E-state index in [2.05, 4.69) is 21.2 Å². The number of fused-ring (bicyclic) bond motifs is 6. The number of likely N-dealkylation sites (tertiary alicyclic amines) is 2. The summed E-state index contributed by atoms with van der Waals surface area (Å²) in [5, 5.41) is 32.9. The summed E-state index contributed by atoms with van der Waals surface area (Å²) in [5.41, 5.74) is 4.31. The van der Waals surface area contributed by atoms with E-state index in [1.54, 1.807) is 43.3 Å². The average molecular weight is 1070 g/mol. The Kier molecular flexibility index (Phi) is 17.3. The largest absolute Gasteiger partial charge is 0.508 e.